The Bertz CT molecular complexity index is 494. The molecule has 86 valence electrons. The molecule has 0 aromatic heterocycles. The predicted octanol–water partition coefficient (Wildman–Crippen LogP) is 3.18. The summed E-state index contributed by atoms with van der Waals surface area (Å²) in [5.74, 6) is 0. The monoisotopic (exact) mass is 225 g/mol. The zero-order valence-electron chi connectivity index (χ0n) is 10.1. The molecule has 0 unspecified atom stereocenters. The molecule has 0 atom stereocenters. The minimum atomic E-state index is -0.528. The first-order valence-corrected chi connectivity index (χ1v) is 5.77. The molecule has 2 aromatic carbocycles. The third-order valence-electron chi connectivity index (χ3n) is 2.72. The van der Waals surface area contributed by atoms with E-state index in [0.29, 0.717) is 0 Å². The number of hydrogen-bond acceptors (Lipinski definition) is 2. The molecule has 0 fully saturated rings. The average molecular weight is 225 g/mol. The molecular weight excluding hydrogens is 209 g/mol. The van der Waals surface area contributed by atoms with E-state index in [2.05, 4.69) is 36.4 Å². The van der Waals surface area contributed by atoms with Crippen LogP contribution in [0.4, 0.5) is 5.69 Å². The molecule has 2 rings (SSSR count). The molecule has 0 aliphatic rings. The van der Waals surface area contributed by atoms with Crippen LogP contribution in [-0.4, -0.2) is 12.1 Å². The van der Waals surface area contributed by atoms with E-state index in [4.69, 9.17) is 0 Å². The summed E-state index contributed by atoms with van der Waals surface area (Å²) in [6, 6.07) is 16.4. The van der Waals surface area contributed by atoms with Crippen LogP contribution < -0.4 is 5.23 Å². The Balaban J connectivity index is 2.27. The van der Waals surface area contributed by atoms with E-state index in [1.54, 1.807) is 6.82 Å². The Labute approximate surface area is 102 Å². The van der Waals surface area contributed by atoms with Gasteiger partial charge in [0, 0.05) is 5.69 Å². The zero-order valence-corrected chi connectivity index (χ0v) is 10.1. The van der Waals surface area contributed by atoms with Gasteiger partial charge in [-0.1, -0.05) is 36.4 Å². The second kappa shape index (κ2) is 5.06. The van der Waals surface area contributed by atoms with Crippen LogP contribution in [-0.2, 0) is 0 Å². The Hall–Kier alpha value is -1.74. The van der Waals surface area contributed by atoms with Crippen molar-refractivity contribution in [3.8, 4) is 11.1 Å². The topological polar surface area (TPSA) is 32.3 Å². The third kappa shape index (κ3) is 2.89. The second-order valence-corrected chi connectivity index (χ2v) is 4.21. The molecule has 0 saturated carbocycles. The molecule has 0 heterocycles. The van der Waals surface area contributed by atoms with Gasteiger partial charge >= 0.3 is 7.05 Å². The van der Waals surface area contributed by atoms with E-state index in [0.717, 1.165) is 5.69 Å². The predicted molar refractivity (Wildman–Crippen MR) is 74.1 cm³/mol. The van der Waals surface area contributed by atoms with Gasteiger partial charge in [0.25, 0.3) is 0 Å². The maximum atomic E-state index is 9.23. The number of hydrogen-bond donors (Lipinski definition) is 2. The third-order valence-corrected chi connectivity index (χ3v) is 2.72. The van der Waals surface area contributed by atoms with Gasteiger partial charge in [-0.15, -0.1) is 0 Å². The van der Waals surface area contributed by atoms with Crippen LogP contribution in [0.1, 0.15) is 5.56 Å². The summed E-state index contributed by atoms with van der Waals surface area (Å²) in [5.41, 5.74) is 4.64. The number of aryl methyl sites for hydroxylation is 1. The van der Waals surface area contributed by atoms with Crippen LogP contribution >= 0.6 is 0 Å². The van der Waals surface area contributed by atoms with E-state index in [-0.39, 0.29) is 0 Å². The minimum Gasteiger partial charge on any atom is -0.433 e. The number of rotatable bonds is 3. The van der Waals surface area contributed by atoms with Gasteiger partial charge in [-0.25, -0.2) is 0 Å². The summed E-state index contributed by atoms with van der Waals surface area (Å²) in [6.07, 6.45) is 0. The Morgan fingerprint density at radius 1 is 1.00 bits per heavy atom. The van der Waals surface area contributed by atoms with Crippen LogP contribution in [0.3, 0.4) is 0 Å². The van der Waals surface area contributed by atoms with Crippen LogP contribution in [0.25, 0.3) is 11.1 Å². The van der Waals surface area contributed by atoms with Crippen molar-refractivity contribution in [2.24, 2.45) is 0 Å². The molecule has 0 radical (unpaired) electrons. The molecule has 0 aliphatic heterocycles. The fraction of sp³-hybridized carbons (Fsp3) is 0.143. The molecule has 0 saturated heterocycles. The zero-order chi connectivity index (χ0) is 12.3. The van der Waals surface area contributed by atoms with E-state index >= 15 is 0 Å². The van der Waals surface area contributed by atoms with Crippen LogP contribution in [0.5, 0.6) is 0 Å². The highest BCUT2D eigenvalue weighted by Gasteiger charge is 2.04. The molecule has 3 heteroatoms. The van der Waals surface area contributed by atoms with E-state index in [9.17, 15) is 5.02 Å². The molecular formula is C14H16BNO. The van der Waals surface area contributed by atoms with Crippen molar-refractivity contribution >= 4 is 12.7 Å². The lowest BCUT2D eigenvalue weighted by molar-refractivity contribution is 0.587. The summed E-state index contributed by atoms with van der Waals surface area (Å²) in [7, 11) is -0.528. The molecule has 0 spiro atoms. The fourth-order valence-corrected chi connectivity index (χ4v) is 1.88. The number of nitrogens with one attached hydrogen (secondary N) is 1. The van der Waals surface area contributed by atoms with Gasteiger partial charge in [-0.05, 0) is 42.6 Å². The van der Waals surface area contributed by atoms with E-state index in [1.807, 2.05) is 24.3 Å². The first-order valence-electron chi connectivity index (χ1n) is 5.77. The minimum absolute atomic E-state index is 0.528. The van der Waals surface area contributed by atoms with Gasteiger partial charge in [-0.2, -0.15) is 0 Å². The lowest BCUT2D eigenvalue weighted by atomic mass is 9.88. The van der Waals surface area contributed by atoms with Gasteiger partial charge in [0.2, 0.25) is 0 Å². The van der Waals surface area contributed by atoms with E-state index < -0.39 is 7.05 Å². The average Bonchev–Trinajstić information content (AvgIpc) is 2.30. The maximum absolute atomic E-state index is 9.23. The molecule has 17 heavy (non-hydrogen) atoms. The molecule has 0 aliphatic carbocycles. The number of anilines is 1. The summed E-state index contributed by atoms with van der Waals surface area (Å²) in [4.78, 5) is 0. The standard InChI is InChI=1S/C14H16BNO/c1-11-5-3-4-6-14(11)12-7-9-13(10-8-12)16-15(2)17/h3-10,16-17H,1-2H3. The molecule has 2 nitrogen and oxygen atoms in total. The van der Waals surface area contributed by atoms with Gasteiger partial charge in [0.1, 0.15) is 0 Å². The molecule has 0 bridgehead atoms. The van der Waals surface area contributed by atoms with Crippen molar-refractivity contribution in [2.75, 3.05) is 5.23 Å². The van der Waals surface area contributed by atoms with Gasteiger partial charge in [-0.3, -0.25) is 0 Å². The lowest BCUT2D eigenvalue weighted by Crippen LogP contribution is -2.19. The van der Waals surface area contributed by atoms with Gasteiger partial charge in [0.05, 0.1) is 0 Å². The van der Waals surface area contributed by atoms with Crippen molar-refractivity contribution in [3.63, 3.8) is 0 Å². The highest BCUT2D eigenvalue weighted by atomic mass is 16.2. The highest BCUT2D eigenvalue weighted by molar-refractivity contribution is 6.52. The van der Waals surface area contributed by atoms with Crippen LogP contribution in [0.15, 0.2) is 48.5 Å². The van der Waals surface area contributed by atoms with Crippen molar-refractivity contribution in [1.82, 2.24) is 0 Å². The first kappa shape index (κ1) is 11.7. The fourth-order valence-electron chi connectivity index (χ4n) is 1.88. The van der Waals surface area contributed by atoms with Crippen molar-refractivity contribution in [2.45, 2.75) is 13.7 Å². The maximum Gasteiger partial charge on any atom is 0.406 e. The quantitative estimate of drug-likeness (QED) is 0.786. The van der Waals surface area contributed by atoms with Crippen LogP contribution in [0.2, 0.25) is 6.82 Å². The Morgan fingerprint density at radius 3 is 2.24 bits per heavy atom. The number of benzene rings is 2. The largest absolute Gasteiger partial charge is 0.433 e. The second-order valence-electron chi connectivity index (χ2n) is 4.21. The molecule has 0 amide bonds. The van der Waals surface area contributed by atoms with Crippen molar-refractivity contribution in [3.05, 3.63) is 54.1 Å². The van der Waals surface area contributed by atoms with Gasteiger partial charge in [0.15, 0.2) is 0 Å². The van der Waals surface area contributed by atoms with Crippen molar-refractivity contribution < 1.29 is 5.02 Å². The first-order chi connectivity index (χ1) is 8.16. The van der Waals surface area contributed by atoms with Gasteiger partial charge < -0.3 is 10.3 Å². The summed E-state index contributed by atoms with van der Waals surface area (Å²) in [5, 5.41) is 12.2. The normalized spacial score (nSPS) is 10.1. The summed E-state index contributed by atoms with van der Waals surface area (Å²) in [6.45, 7) is 3.81. The van der Waals surface area contributed by atoms with E-state index in [1.165, 1.54) is 16.7 Å². The molecule has 2 aromatic rings. The Kier molecular flexibility index (Phi) is 3.50. The smallest absolute Gasteiger partial charge is 0.406 e. The Morgan fingerprint density at radius 2 is 1.65 bits per heavy atom. The highest BCUT2D eigenvalue weighted by Crippen LogP contribution is 2.24. The summed E-state index contributed by atoms with van der Waals surface area (Å²) >= 11 is 0. The van der Waals surface area contributed by atoms with Crippen molar-refractivity contribution in [1.29, 1.82) is 0 Å². The molecule has 2 N–H and O–H groups in total. The SMILES string of the molecule is CB(O)Nc1ccc(-c2ccccc2C)cc1. The van der Waals surface area contributed by atoms with Crippen LogP contribution in [0, 0.1) is 6.92 Å². The summed E-state index contributed by atoms with van der Waals surface area (Å²) < 4.78 is 0. The lowest BCUT2D eigenvalue weighted by Gasteiger charge is -2.09.